The van der Waals surface area contributed by atoms with Gasteiger partial charge in [-0.25, -0.2) is 4.39 Å². The van der Waals surface area contributed by atoms with Crippen LogP contribution in [0.5, 0.6) is 0 Å². The summed E-state index contributed by atoms with van der Waals surface area (Å²) in [5.74, 6) is -0.0307. The molecule has 3 rings (SSSR count). The van der Waals surface area contributed by atoms with Gasteiger partial charge in [-0.3, -0.25) is 0 Å². The molecule has 0 aromatic heterocycles. The van der Waals surface area contributed by atoms with Gasteiger partial charge in [0, 0.05) is 12.1 Å². The molecule has 1 fully saturated rings. The number of hydrogen-bond donors (Lipinski definition) is 1. The van der Waals surface area contributed by atoms with Crippen LogP contribution in [0.25, 0.3) is 0 Å². The van der Waals surface area contributed by atoms with Crippen molar-refractivity contribution in [2.24, 2.45) is 5.41 Å². The Morgan fingerprint density at radius 3 is 2.81 bits per heavy atom. The SMILES string of the molecule is CC1(C)CC1NC1CCc2c(F)cccc21. The molecule has 2 unspecified atom stereocenters. The van der Waals surface area contributed by atoms with Gasteiger partial charge in [0.25, 0.3) is 0 Å². The Kier molecular flexibility index (Phi) is 2.12. The van der Waals surface area contributed by atoms with Crippen molar-refractivity contribution in [1.29, 1.82) is 0 Å². The molecule has 1 nitrogen and oxygen atoms in total. The smallest absolute Gasteiger partial charge is 0.126 e. The van der Waals surface area contributed by atoms with Gasteiger partial charge >= 0.3 is 0 Å². The summed E-state index contributed by atoms with van der Waals surface area (Å²) >= 11 is 0. The second kappa shape index (κ2) is 3.30. The molecule has 0 aliphatic heterocycles. The second-order valence-corrected chi connectivity index (χ2v) is 5.81. The van der Waals surface area contributed by atoms with Gasteiger partial charge in [0.15, 0.2) is 0 Å². The molecule has 0 amide bonds. The maximum atomic E-state index is 13.5. The fourth-order valence-corrected chi connectivity index (χ4v) is 2.78. The van der Waals surface area contributed by atoms with Gasteiger partial charge in [0.1, 0.15) is 5.82 Å². The third kappa shape index (κ3) is 1.56. The lowest BCUT2D eigenvalue weighted by Crippen LogP contribution is -2.24. The van der Waals surface area contributed by atoms with Crippen molar-refractivity contribution in [2.45, 2.75) is 45.2 Å². The number of rotatable bonds is 2. The number of halogens is 1. The van der Waals surface area contributed by atoms with Crippen molar-refractivity contribution in [3.63, 3.8) is 0 Å². The van der Waals surface area contributed by atoms with Crippen LogP contribution in [0.1, 0.15) is 43.9 Å². The largest absolute Gasteiger partial charge is 0.307 e. The number of nitrogens with one attached hydrogen (secondary N) is 1. The molecular formula is C14H18FN. The highest BCUT2D eigenvalue weighted by Crippen LogP contribution is 2.47. The summed E-state index contributed by atoms with van der Waals surface area (Å²) in [4.78, 5) is 0. The van der Waals surface area contributed by atoms with E-state index in [0.717, 1.165) is 18.4 Å². The first kappa shape index (κ1) is 10.3. The topological polar surface area (TPSA) is 12.0 Å². The highest BCUT2D eigenvalue weighted by Gasteiger charge is 2.47. The quantitative estimate of drug-likeness (QED) is 0.805. The Bertz CT molecular complexity index is 425. The molecule has 2 aliphatic carbocycles. The molecule has 0 bridgehead atoms. The van der Waals surface area contributed by atoms with E-state index in [0.29, 0.717) is 17.5 Å². The maximum Gasteiger partial charge on any atom is 0.126 e. The van der Waals surface area contributed by atoms with E-state index in [2.05, 4.69) is 25.2 Å². The minimum Gasteiger partial charge on any atom is -0.307 e. The Balaban J connectivity index is 1.79. The molecule has 2 atom stereocenters. The molecule has 0 heterocycles. The number of benzene rings is 1. The van der Waals surface area contributed by atoms with Crippen LogP contribution in [0, 0.1) is 11.2 Å². The normalized spacial score (nSPS) is 30.2. The van der Waals surface area contributed by atoms with E-state index in [-0.39, 0.29) is 5.82 Å². The first-order chi connectivity index (χ1) is 7.58. The second-order valence-electron chi connectivity index (χ2n) is 5.81. The van der Waals surface area contributed by atoms with Crippen LogP contribution in [0.4, 0.5) is 4.39 Å². The molecule has 2 heteroatoms. The molecular weight excluding hydrogens is 201 g/mol. The molecule has 0 spiro atoms. The molecule has 1 N–H and O–H groups in total. The molecule has 86 valence electrons. The summed E-state index contributed by atoms with van der Waals surface area (Å²) in [5, 5.41) is 3.66. The van der Waals surface area contributed by atoms with Gasteiger partial charge in [0.05, 0.1) is 0 Å². The summed E-state index contributed by atoms with van der Waals surface area (Å²) in [6.07, 6.45) is 3.17. The van der Waals surface area contributed by atoms with Crippen LogP contribution in [0.3, 0.4) is 0 Å². The van der Waals surface area contributed by atoms with Crippen molar-refractivity contribution in [3.8, 4) is 0 Å². The first-order valence-electron chi connectivity index (χ1n) is 6.11. The van der Waals surface area contributed by atoms with E-state index < -0.39 is 0 Å². The van der Waals surface area contributed by atoms with Crippen molar-refractivity contribution >= 4 is 0 Å². The summed E-state index contributed by atoms with van der Waals surface area (Å²) < 4.78 is 13.5. The van der Waals surface area contributed by atoms with Crippen LogP contribution < -0.4 is 5.32 Å². The fraction of sp³-hybridized carbons (Fsp3) is 0.571. The Labute approximate surface area is 96.1 Å². The van der Waals surface area contributed by atoms with Crippen LogP contribution in [0.15, 0.2) is 18.2 Å². The lowest BCUT2D eigenvalue weighted by molar-refractivity contribution is 0.468. The lowest BCUT2D eigenvalue weighted by Gasteiger charge is -2.15. The van der Waals surface area contributed by atoms with Crippen LogP contribution in [-0.4, -0.2) is 6.04 Å². The predicted molar refractivity (Wildman–Crippen MR) is 62.8 cm³/mol. The zero-order valence-electron chi connectivity index (χ0n) is 9.89. The Morgan fingerprint density at radius 2 is 2.12 bits per heavy atom. The molecule has 1 aromatic rings. The average molecular weight is 219 g/mol. The van der Waals surface area contributed by atoms with Gasteiger partial charge < -0.3 is 5.32 Å². The number of fused-ring (bicyclic) bond motifs is 1. The van der Waals surface area contributed by atoms with E-state index in [9.17, 15) is 4.39 Å². The molecule has 1 saturated carbocycles. The summed E-state index contributed by atoms with van der Waals surface area (Å²) in [6.45, 7) is 4.57. The van der Waals surface area contributed by atoms with Crippen LogP contribution >= 0.6 is 0 Å². The standard InChI is InChI=1S/C14H18FN/c1-14(2)8-13(14)16-12-7-6-9-10(12)4-3-5-11(9)15/h3-5,12-13,16H,6-8H2,1-2H3. The first-order valence-corrected chi connectivity index (χ1v) is 6.11. The van der Waals surface area contributed by atoms with Crippen molar-refractivity contribution in [3.05, 3.63) is 35.1 Å². The van der Waals surface area contributed by atoms with E-state index in [1.807, 2.05) is 6.07 Å². The van der Waals surface area contributed by atoms with Crippen molar-refractivity contribution in [1.82, 2.24) is 5.32 Å². The molecule has 0 saturated heterocycles. The zero-order chi connectivity index (χ0) is 11.3. The van der Waals surface area contributed by atoms with Gasteiger partial charge in [-0.15, -0.1) is 0 Å². The highest BCUT2D eigenvalue weighted by molar-refractivity contribution is 5.36. The van der Waals surface area contributed by atoms with E-state index in [1.165, 1.54) is 12.0 Å². The van der Waals surface area contributed by atoms with E-state index in [1.54, 1.807) is 6.07 Å². The van der Waals surface area contributed by atoms with E-state index >= 15 is 0 Å². The molecule has 16 heavy (non-hydrogen) atoms. The lowest BCUT2D eigenvalue weighted by atomic mass is 10.1. The zero-order valence-corrected chi connectivity index (χ0v) is 9.89. The van der Waals surface area contributed by atoms with Crippen molar-refractivity contribution in [2.75, 3.05) is 0 Å². The van der Waals surface area contributed by atoms with E-state index in [4.69, 9.17) is 0 Å². The fourth-order valence-electron chi connectivity index (χ4n) is 2.78. The molecule has 2 aliphatic rings. The Morgan fingerprint density at radius 1 is 1.38 bits per heavy atom. The molecule has 0 radical (unpaired) electrons. The van der Waals surface area contributed by atoms with Gasteiger partial charge in [-0.1, -0.05) is 26.0 Å². The Hall–Kier alpha value is -0.890. The third-order valence-corrected chi connectivity index (χ3v) is 4.13. The predicted octanol–water partition coefficient (Wildman–Crippen LogP) is 3.20. The van der Waals surface area contributed by atoms with Gasteiger partial charge in [0.2, 0.25) is 0 Å². The summed E-state index contributed by atoms with van der Waals surface area (Å²) in [6, 6.07) is 6.46. The van der Waals surface area contributed by atoms with Crippen LogP contribution in [0.2, 0.25) is 0 Å². The molecule has 1 aromatic carbocycles. The third-order valence-electron chi connectivity index (χ3n) is 4.13. The maximum absolute atomic E-state index is 13.5. The van der Waals surface area contributed by atoms with Crippen LogP contribution in [-0.2, 0) is 6.42 Å². The average Bonchev–Trinajstić information content (AvgIpc) is 2.66. The van der Waals surface area contributed by atoms with Gasteiger partial charge in [-0.05, 0) is 41.9 Å². The summed E-state index contributed by atoms with van der Waals surface area (Å²) in [5.41, 5.74) is 2.55. The monoisotopic (exact) mass is 219 g/mol. The van der Waals surface area contributed by atoms with Gasteiger partial charge in [-0.2, -0.15) is 0 Å². The highest BCUT2D eigenvalue weighted by atomic mass is 19.1. The number of hydrogen-bond acceptors (Lipinski definition) is 1. The minimum absolute atomic E-state index is 0.0307. The minimum atomic E-state index is -0.0307. The summed E-state index contributed by atoms with van der Waals surface area (Å²) in [7, 11) is 0. The van der Waals surface area contributed by atoms with Crippen molar-refractivity contribution < 1.29 is 4.39 Å².